The Kier molecular flexibility index (Phi) is 3.83. The second-order valence-corrected chi connectivity index (χ2v) is 5.93. The lowest BCUT2D eigenvalue weighted by atomic mass is 9.92. The molecule has 6 nitrogen and oxygen atoms in total. The van der Waals surface area contributed by atoms with Crippen molar-refractivity contribution < 1.29 is 14.7 Å². The fraction of sp³-hybridized carbons (Fsp3) is 0.438. The van der Waals surface area contributed by atoms with E-state index >= 15 is 0 Å². The fourth-order valence-corrected chi connectivity index (χ4v) is 3.04. The summed E-state index contributed by atoms with van der Waals surface area (Å²) in [5.74, 6) is -0.783. The lowest BCUT2D eigenvalue weighted by molar-refractivity contribution is -0.153. The van der Waals surface area contributed by atoms with E-state index in [1.807, 2.05) is 31.2 Å². The number of fused-ring (bicyclic) bond motifs is 1. The van der Waals surface area contributed by atoms with Crippen molar-refractivity contribution in [3.05, 3.63) is 30.5 Å². The van der Waals surface area contributed by atoms with Crippen LogP contribution in [-0.4, -0.2) is 44.3 Å². The van der Waals surface area contributed by atoms with E-state index in [4.69, 9.17) is 0 Å². The molecule has 2 unspecified atom stereocenters. The highest BCUT2D eigenvalue weighted by molar-refractivity contribution is 5.85. The van der Waals surface area contributed by atoms with Crippen molar-refractivity contribution in [2.75, 3.05) is 6.54 Å². The van der Waals surface area contributed by atoms with Gasteiger partial charge in [-0.05, 0) is 24.8 Å². The molecule has 1 aromatic heterocycles. The maximum atomic E-state index is 12.5. The van der Waals surface area contributed by atoms with Gasteiger partial charge < -0.3 is 10.0 Å². The predicted octanol–water partition coefficient (Wildman–Crippen LogP) is 1.75. The molecular weight excluding hydrogens is 282 g/mol. The van der Waals surface area contributed by atoms with Gasteiger partial charge in [0.05, 0.1) is 11.7 Å². The molecule has 1 aromatic carbocycles. The van der Waals surface area contributed by atoms with Crippen LogP contribution in [0.1, 0.15) is 19.8 Å². The van der Waals surface area contributed by atoms with Crippen LogP contribution in [-0.2, 0) is 16.1 Å². The third-order valence-corrected chi connectivity index (χ3v) is 4.31. The maximum absolute atomic E-state index is 12.5. The second kappa shape index (κ2) is 5.79. The first-order valence-electron chi connectivity index (χ1n) is 7.49. The zero-order valence-electron chi connectivity index (χ0n) is 12.5. The van der Waals surface area contributed by atoms with Crippen molar-refractivity contribution in [3.63, 3.8) is 0 Å². The highest BCUT2D eigenvalue weighted by atomic mass is 16.4. The van der Waals surface area contributed by atoms with Gasteiger partial charge in [-0.15, -0.1) is 0 Å². The average molecular weight is 301 g/mol. The quantitative estimate of drug-likeness (QED) is 0.937. The van der Waals surface area contributed by atoms with Crippen LogP contribution in [0, 0.1) is 5.92 Å². The summed E-state index contributed by atoms with van der Waals surface area (Å²) >= 11 is 0. The number of carboxylic acids is 1. The number of piperidine rings is 1. The summed E-state index contributed by atoms with van der Waals surface area (Å²) < 4.78 is 1.63. The van der Waals surface area contributed by atoms with Gasteiger partial charge in [-0.1, -0.05) is 25.1 Å². The molecule has 0 bridgehead atoms. The number of nitrogens with zero attached hydrogens (tertiary/aromatic N) is 3. The number of para-hydroxylation sites is 1. The minimum atomic E-state index is -0.926. The summed E-state index contributed by atoms with van der Waals surface area (Å²) in [7, 11) is 0. The monoisotopic (exact) mass is 301 g/mol. The number of rotatable bonds is 3. The number of likely N-dealkylation sites (tertiary alicyclic amines) is 1. The molecule has 1 aliphatic heterocycles. The molecule has 116 valence electrons. The summed E-state index contributed by atoms with van der Waals surface area (Å²) in [6.45, 7) is 2.60. The predicted molar refractivity (Wildman–Crippen MR) is 81.3 cm³/mol. The number of carbonyl (C=O) groups is 2. The van der Waals surface area contributed by atoms with E-state index in [9.17, 15) is 14.7 Å². The van der Waals surface area contributed by atoms with Crippen LogP contribution < -0.4 is 0 Å². The van der Waals surface area contributed by atoms with E-state index < -0.39 is 12.0 Å². The van der Waals surface area contributed by atoms with E-state index in [1.165, 1.54) is 4.90 Å². The highest BCUT2D eigenvalue weighted by Gasteiger charge is 2.34. The molecular formula is C16H19N3O3. The standard InChI is InChI=1S/C16H19N3O3/c1-11-6-7-18(14(8-11)16(21)22)15(20)10-19-13-5-3-2-4-12(13)9-17-19/h2-5,9,11,14H,6-8,10H2,1H3,(H,21,22). The van der Waals surface area contributed by atoms with Gasteiger partial charge in [0.25, 0.3) is 0 Å². The molecule has 1 fully saturated rings. The molecule has 0 radical (unpaired) electrons. The minimum Gasteiger partial charge on any atom is -0.480 e. The molecule has 1 N–H and O–H groups in total. The Morgan fingerprint density at radius 3 is 2.91 bits per heavy atom. The van der Waals surface area contributed by atoms with Gasteiger partial charge in [0.15, 0.2) is 0 Å². The van der Waals surface area contributed by atoms with Gasteiger partial charge in [-0.2, -0.15) is 5.10 Å². The number of hydrogen-bond acceptors (Lipinski definition) is 3. The van der Waals surface area contributed by atoms with E-state index in [2.05, 4.69) is 5.10 Å². The SMILES string of the molecule is CC1CCN(C(=O)Cn2ncc3ccccc32)C(C(=O)O)C1. The van der Waals surface area contributed by atoms with Crippen molar-refractivity contribution in [2.45, 2.75) is 32.4 Å². The van der Waals surface area contributed by atoms with Crippen LogP contribution in [0.15, 0.2) is 30.5 Å². The normalized spacial score (nSPS) is 22.0. The Morgan fingerprint density at radius 2 is 2.14 bits per heavy atom. The van der Waals surface area contributed by atoms with Crippen LogP contribution in [0.3, 0.4) is 0 Å². The van der Waals surface area contributed by atoms with Gasteiger partial charge >= 0.3 is 5.97 Å². The molecule has 1 aliphatic rings. The molecule has 3 rings (SSSR count). The Balaban J connectivity index is 1.80. The molecule has 0 aliphatic carbocycles. The number of aliphatic carboxylic acids is 1. The molecule has 6 heteroatoms. The van der Waals surface area contributed by atoms with E-state index in [0.717, 1.165) is 17.3 Å². The molecule has 0 spiro atoms. The molecule has 2 heterocycles. The molecule has 1 amide bonds. The Hall–Kier alpha value is -2.37. The lowest BCUT2D eigenvalue weighted by Crippen LogP contribution is -2.50. The zero-order chi connectivity index (χ0) is 15.7. The van der Waals surface area contributed by atoms with Crippen LogP contribution in [0.5, 0.6) is 0 Å². The Morgan fingerprint density at radius 1 is 1.36 bits per heavy atom. The number of benzene rings is 1. The fourth-order valence-electron chi connectivity index (χ4n) is 3.04. The first kappa shape index (κ1) is 14.6. The first-order chi connectivity index (χ1) is 10.6. The van der Waals surface area contributed by atoms with Gasteiger partial charge in [-0.3, -0.25) is 9.48 Å². The number of amides is 1. The summed E-state index contributed by atoms with van der Waals surface area (Å²) in [5.41, 5.74) is 0.883. The molecule has 22 heavy (non-hydrogen) atoms. The first-order valence-corrected chi connectivity index (χ1v) is 7.49. The van der Waals surface area contributed by atoms with Crippen molar-refractivity contribution in [1.29, 1.82) is 0 Å². The zero-order valence-corrected chi connectivity index (χ0v) is 12.5. The van der Waals surface area contributed by atoms with E-state index in [-0.39, 0.29) is 12.5 Å². The van der Waals surface area contributed by atoms with E-state index in [0.29, 0.717) is 18.9 Å². The van der Waals surface area contributed by atoms with E-state index in [1.54, 1.807) is 10.9 Å². The van der Waals surface area contributed by atoms with Crippen molar-refractivity contribution in [1.82, 2.24) is 14.7 Å². The minimum absolute atomic E-state index is 0.0751. The average Bonchev–Trinajstić information content (AvgIpc) is 2.90. The highest BCUT2D eigenvalue weighted by Crippen LogP contribution is 2.23. The molecule has 1 saturated heterocycles. The van der Waals surface area contributed by atoms with Gasteiger partial charge in [0, 0.05) is 11.9 Å². The van der Waals surface area contributed by atoms with Gasteiger partial charge in [-0.25, -0.2) is 4.79 Å². The smallest absolute Gasteiger partial charge is 0.326 e. The van der Waals surface area contributed by atoms with Gasteiger partial charge in [0.1, 0.15) is 12.6 Å². The summed E-state index contributed by atoms with van der Waals surface area (Å²) in [6, 6.07) is 6.93. The van der Waals surface area contributed by atoms with Crippen LogP contribution in [0.25, 0.3) is 10.9 Å². The van der Waals surface area contributed by atoms with Crippen molar-refractivity contribution >= 4 is 22.8 Å². The number of carboxylic acid groups (broad SMARTS) is 1. The third-order valence-electron chi connectivity index (χ3n) is 4.31. The topological polar surface area (TPSA) is 75.4 Å². The molecule has 2 atom stereocenters. The largest absolute Gasteiger partial charge is 0.480 e. The Labute approximate surface area is 128 Å². The molecule has 2 aromatic rings. The number of hydrogen-bond donors (Lipinski definition) is 1. The van der Waals surface area contributed by atoms with Crippen LogP contribution in [0.2, 0.25) is 0 Å². The maximum Gasteiger partial charge on any atom is 0.326 e. The second-order valence-electron chi connectivity index (χ2n) is 5.93. The Bertz CT molecular complexity index is 709. The van der Waals surface area contributed by atoms with Crippen LogP contribution >= 0.6 is 0 Å². The van der Waals surface area contributed by atoms with Crippen LogP contribution in [0.4, 0.5) is 0 Å². The number of aromatic nitrogens is 2. The molecule has 0 saturated carbocycles. The van der Waals surface area contributed by atoms with Gasteiger partial charge in [0.2, 0.25) is 5.91 Å². The van der Waals surface area contributed by atoms with Crippen molar-refractivity contribution in [3.8, 4) is 0 Å². The lowest BCUT2D eigenvalue weighted by Gasteiger charge is -2.36. The van der Waals surface area contributed by atoms with Crippen molar-refractivity contribution in [2.24, 2.45) is 5.92 Å². The summed E-state index contributed by atoms with van der Waals surface area (Å²) in [5, 5.41) is 14.6. The number of carbonyl (C=O) groups excluding carboxylic acids is 1. The summed E-state index contributed by atoms with van der Waals surface area (Å²) in [4.78, 5) is 25.4. The third kappa shape index (κ3) is 2.68. The summed E-state index contributed by atoms with van der Waals surface area (Å²) in [6.07, 6.45) is 3.08.